The molecule has 0 bridgehead atoms. The maximum Gasteiger partial charge on any atom is -0.0414 e. The highest BCUT2D eigenvalue weighted by Gasteiger charge is 2.07. The third-order valence-corrected chi connectivity index (χ3v) is 8.79. The molecule has 0 aliphatic carbocycles. The lowest BCUT2D eigenvalue weighted by Gasteiger charge is -2.16. The monoisotopic (exact) mass is 520 g/mol. The molecule has 0 nitrogen and oxygen atoms in total. The second-order valence-corrected chi connectivity index (χ2v) is 12.6. The van der Waals surface area contributed by atoms with Gasteiger partial charge in [0.15, 0.2) is 0 Å². The highest BCUT2D eigenvalue weighted by Crippen LogP contribution is 2.23. The van der Waals surface area contributed by atoms with Crippen LogP contribution in [0.5, 0.6) is 0 Å². The molecule has 0 aromatic rings. The Balaban J connectivity index is 3.36. The highest BCUT2D eigenvalue weighted by molar-refractivity contribution is 4.62. The lowest BCUT2D eigenvalue weighted by molar-refractivity contribution is 0.381. The number of unbranched alkanes of at least 4 members (excludes halogenated alkanes) is 27. The van der Waals surface area contributed by atoms with Crippen LogP contribution in [0.2, 0.25) is 0 Å². The van der Waals surface area contributed by atoms with Crippen LogP contribution in [-0.4, -0.2) is 0 Å². The first-order chi connectivity index (χ1) is 18.3. The maximum atomic E-state index is 4.16. The summed E-state index contributed by atoms with van der Waals surface area (Å²) in [4.78, 5) is 0. The molecule has 0 aliphatic heterocycles. The lowest BCUT2D eigenvalue weighted by atomic mass is 9.90. The molecule has 0 aliphatic rings. The third kappa shape index (κ3) is 32.1. The third-order valence-electron chi connectivity index (χ3n) is 8.79. The Hall–Kier alpha value is 0. The molecule has 0 heterocycles. The van der Waals surface area contributed by atoms with E-state index in [1.807, 2.05) is 0 Å². The molecule has 0 N–H and O–H groups in total. The molecule has 0 saturated carbocycles. The van der Waals surface area contributed by atoms with E-state index in [4.69, 9.17) is 0 Å². The van der Waals surface area contributed by atoms with Crippen LogP contribution in [0.25, 0.3) is 0 Å². The summed E-state index contributed by atoms with van der Waals surface area (Å²) in [7, 11) is 0. The van der Waals surface area contributed by atoms with Gasteiger partial charge in [0.2, 0.25) is 0 Å². The Kier molecular flexibility index (Phi) is 34.0. The molecule has 0 saturated heterocycles. The van der Waals surface area contributed by atoms with Gasteiger partial charge in [0.1, 0.15) is 0 Å². The van der Waals surface area contributed by atoms with Crippen molar-refractivity contribution in [2.24, 2.45) is 5.92 Å². The Morgan fingerprint density at radius 1 is 0.297 bits per heavy atom. The first-order valence-corrected chi connectivity index (χ1v) is 18.1. The van der Waals surface area contributed by atoms with E-state index in [0.717, 1.165) is 12.3 Å². The van der Waals surface area contributed by atoms with Gasteiger partial charge in [-0.3, -0.25) is 0 Å². The van der Waals surface area contributed by atoms with Crippen LogP contribution in [0.15, 0.2) is 0 Å². The van der Waals surface area contributed by atoms with E-state index < -0.39 is 0 Å². The van der Waals surface area contributed by atoms with Crippen molar-refractivity contribution in [3.63, 3.8) is 0 Å². The Morgan fingerprint density at radius 3 is 0.730 bits per heavy atom. The molecule has 0 amide bonds. The minimum atomic E-state index is 0.969. The zero-order chi connectivity index (χ0) is 26.9. The lowest BCUT2D eigenvalue weighted by Crippen LogP contribution is -2.00. The fourth-order valence-electron chi connectivity index (χ4n) is 6.15. The number of hydrogen-bond donors (Lipinski definition) is 0. The number of rotatable bonds is 33. The Bertz CT molecular complexity index is 372. The summed E-state index contributed by atoms with van der Waals surface area (Å²) in [5.41, 5.74) is 0. The van der Waals surface area contributed by atoms with E-state index in [-0.39, 0.29) is 0 Å². The van der Waals surface area contributed by atoms with Crippen molar-refractivity contribution >= 4 is 0 Å². The Morgan fingerprint density at radius 2 is 0.514 bits per heavy atom. The first kappa shape index (κ1) is 37.0. The summed E-state index contributed by atoms with van der Waals surface area (Å²) in [5.74, 6) is 0.969. The van der Waals surface area contributed by atoms with Gasteiger partial charge < -0.3 is 0 Å². The van der Waals surface area contributed by atoms with Crippen LogP contribution in [0, 0.1) is 12.8 Å². The first-order valence-electron chi connectivity index (χ1n) is 18.1. The van der Waals surface area contributed by atoms with Gasteiger partial charge in [-0.05, 0) is 5.92 Å². The highest BCUT2D eigenvalue weighted by atomic mass is 14.1. The normalized spacial score (nSPS) is 12.4. The van der Waals surface area contributed by atoms with Crippen molar-refractivity contribution in [1.82, 2.24) is 0 Å². The smallest absolute Gasteiger partial charge is 0.0414 e. The predicted octanol–water partition coefficient (Wildman–Crippen LogP) is 14.3. The van der Waals surface area contributed by atoms with Crippen LogP contribution in [-0.2, 0) is 0 Å². The van der Waals surface area contributed by atoms with Gasteiger partial charge in [0, 0.05) is 0 Å². The van der Waals surface area contributed by atoms with Gasteiger partial charge in [-0.2, -0.15) is 0 Å². The van der Waals surface area contributed by atoms with Crippen LogP contribution in [0.1, 0.15) is 226 Å². The second-order valence-electron chi connectivity index (χ2n) is 12.6. The minimum Gasteiger partial charge on any atom is -0.0654 e. The van der Waals surface area contributed by atoms with Gasteiger partial charge in [0.25, 0.3) is 0 Å². The largest absolute Gasteiger partial charge is 0.0654 e. The van der Waals surface area contributed by atoms with E-state index >= 15 is 0 Å². The van der Waals surface area contributed by atoms with Crippen molar-refractivity contribution in [2.75, 3.05) is 0 Å². The average Bonchev–Trinajstić information content (AvgIpc) is 2.91. The summed E-state index contributed by atoms with van der Waals surface area (Å²) in [6.07, 6.45) is 48.1. The summed E-state index contributed by atoms with van der Waals surface area (Å²) in [6, 6.07) is 0. The molecular formula is C37H75. The molecule has 223 valence electrons. The zero-order valence-electron chi connectivity index (χ0n) is 26.6. The summed E-state index contributed by atoms with van der Waals surface area (Å²) < 4.78 is 0. The Labute approximate surface area is 238 Å². The molecule has 0 aromatic carbocycles. The topological polar surface area (TPSA) is 0 Å². The molecule has 0 aromatic heterocycles. The van der Waals surface area contributed by atoms with E-state index in [0.29, 0.717) is 0 Å². The van der Waals surface area contributed by atoms with Crippen LogP contribution < -0.4 is 0 Å². The molecule has 37 heavy (non-hydrogen) atoms. The van der Waals surface area contributed by atoms with Gasteiger partial charge in [-0.25, -0.2) is 0 Å². The molecular weight excluding hydrogens is 444 g/mol. The number of hydrogen-bond acceptors (Lipinski definition) is 0. The molecule has 0 heteroatoms. The second kappa shape index (κ2) is 34.0. The fraction of sp³-hybridized carbons (Fsp3) is 0.973. The quantitative estimate of drug-likeness (QED) is 0.0756. The fourth-order valence-corrected chi connectivity index (χ4v) is 6.15. The minimum absolute atomic E-state index is 0.969. The summed E-state index contributed by atoms with van der Waals surface area (Å²) >= 11 is 0. The molecule has 0 fully saturated rings. The van der Waals surface area contributed by atoms with Crippen molar-refractivity contribution < 1.29 is 0 Å². The maximum absolute atomic E-state index is 4.16. The van der Waals surface area contributed by atoms with Gasteiger partial charge >= 0.3 is 0 Å². The molecule has 0 spiro atoms. The van der Waals surface area contributed by atoms with Gasteiger partial charge in [0.05, 0.1) is 0 Å². The van der Waals surface area contributed by atoms with Gasteiger partial charge in [-0.15, -0.1) is 0 Å². The predicted molar refractivity (Wildman–Crippen MR) is 173 cm³/mol. The molecule has 1 radical (unpaired) electrons. The van der Waals surface area contributed by atoms with Crippen molar-refractivity contribution in [1.29, 1.82) is 0 Å². The molecule has 1 atom stereocenters. The van der Waals surface area contributed by atoms with Crippen LogP contribution in [0.3, 0.4) is 0 Å². The van der Waals surface area contributed by atoms with Crippen molar-refractivity contribution in [2.45, 2.75) is 226 Å². The van der Waals surface area contributed by atoms with Gasteiger partial charge in [-0.1, -0.05) is 233 Å². The SMILES string of the molecule is [CH2]CCC(CCCCCCCCCCCCCCC)CCCCCCCCCCCCCCCCCC. The molecule has 0 rings (SSSR count). The average molecular weight is 520 g/mol. The zero-order valence-corrected chi connectivity index (χ0v) is 26.6. The van der Waals surface area contributed by atoms with Crippen molar-refractivity contribution in [3.05, 3.63) is 6.92 Å². The van der Waals surface area contributed by atoms with E-state index in [1.54, 1.807) is 0 Å². The standard InChI is InChI=1S/C37H75/c1-4-7-9-11-13-15-17-19-20-21-23-25-27-29-31-33-36-37(34-6-3)35-32-30-28-26-24-22-18-16-14-12-10-8-5-2/h37H,3-36H2,1-2H3. The van der Waals surface area contributed by atoms with Crippen LogP contribution in [0.4, 0.5) is 0 Å². The summed E-state index contributed by atoms with van der Waals surface area (Å²) in [6.45, 7) is 8.78. The van der Waals surface area contributed by atoms with E-state index in [9.17, 15) is 0 Å². The summed E-state index contributed by atoms with van der Waals surface area (Å²) in [5, 5.41) is 0. The van der Waals surface area contributed by atoms with Crippen molar-refractivity contribution in [3.8, 4) is 0 Å². The van der Waals surface area contributed by atoms with E-state index in [1.165, 1.54) is 205 Å². The molecule has 1 unspecified atom stereocenters. The van der Waals surface area contributed by atoms with E-state index in [2.05, 4.69) is 20.8 Å². The van der Waals surface area contributed by atoms with Crippen LogP contribution >= 0.6 is 0 Å².